The first-order valence-corrected chi connectivity index (χ1v) is 9.51. The van der Waals surface area contributed by atoms with E-state index in [9.17, 15) is 27.9 Å². The average molecular weight is 449 g/mol. The van der Waals surface area contributed by atoms with Crippen LogP contribution in [-0.2, 0) is 18.0 Å². The molecule has 32 heavy (non-hydrogen) atoms. The summed E-state index contributed by atoms with van der Waals surface area (Å²) in [5.41, 5.74) is -1.23. The zero-order chi connectivity index (χ0) is 23.0. The van der Waals surface area contributed by atoms with Crippen molar-refractivity contribution in [1.82, 2.24) is 24.9 Å². The number of benzene rings is 1. The number of amides is 1. The van der Waals surface area contributed by atoms with Crippen molar-refractivity contribution in [2.45, 2.75) is 18.3 Å². The number of aliphatic hydroxyl groups excluding tert-OH is 1. The molecule has 2 atom stereocenters. The van der Waals surface area contributed by atoms with Crippen LogP contribution in [0, 0.1) is 0 Å². The van der Waals surface area contributed by atoms with Crippen LogP contribution >= 0.6 is 0 Å². The smallest absolute Gasteiger partial charge is 0.388 e. The van der Waals surface area contributed by atoms with Crippen LogP contribution in [0.3, 0.4) is 0 Å². The molecule has 1 fully saturated rings. The molecule has 4 rings (SSSR count). The standard InChI is InChI=1S/C20H18F3N5O4/c1-27-8-13(7-24-27)28-19(31)14(18(30)25-16-9-32-10-17(16)29)6-15(26-28)11-2-4-12(5-3-11)20(21,22)23/h2-8,16-17,29H,9-10H2,1H3,(H,25,30)/t16-,17+/m1/s1. The predicted octanol–water partition coefficient (Wildman–Crippen LogP) is 1.14. The van der Waals surface area contributed by atoms with Gasteiger partial charge in [-0.25, -0.2) is 0 Å². The molecule has 0 radical (unpaired) electrons. The van der Waals surface area contributed by atoms with Crippen molar-refractivity contribution < 1.29 is 27.8 Å². The van der Waals surface area contributed by atoms with E-state index < -0.39 is 35.4 Å². The van der Waals surface area contributed by atoms with Crippen molar-refractivity contribution in [3.05, 3.63) is 64.2 Å². The Hall–Kier alpha value is -3.51. The number of halogens is 3. The Morgan fingerprint density at radius 2 is 1.97 bits per heavy atom. The summed E-state index contributed by atoms with van der Waals surface area (Å²) in [6, 6.07) is 4.70. The van der Waals surface area contributed by atoms with Crippen LogP contribution in [-0.4, -0.2) is 55.9 Å². The minimum absolute atomic E-state index is 0.0536. The molecule has 9 nitrogen and oxygen atoms in total. The van der Waals surface area contributed by atoms with E-state index in [0.717, 1.165) is 16.8 Å². The number of aryl methyl sites for hydroxylation is 1. The second-order valence-corrected chi connectivity index (χ2v) is 7.29. The van der Waals surface area contributed by atoms with E-state index >= 15 is 0 Å². The summed E-state index contributed by atoms with van der Waals surface area (Å²) >= 11 is 0. The fourth-order valence-corrected chi connectivity index (χ4v) is 3.25. The number of alkyl halides is 3. The maximum atomic E-state index is 13.0. The van der Waals surface area contributed by atoms with Crippen LogP contribution < -0.4 is 10.9 Å². The van der Waals surface area contributed by atoms with Gasteiger partial charge in [-0.1, -0.05) is 12.1 Å². The number of ether oxygens (including phenoxy) is 1. The van der Waals surface area contributed by atoms with Gasteiger partial charge in [0, 0.05) is 12.6 Å². The van der Waals surface area contributed by atoms with Crippen molar-refractivity contribution in [2.24, 2.45) is 7.05 Å². The van der Waals surface area contributed by atoms with E-state index in [1.165, 1.54) is 35.3 Å². The highest BCUT2D eigenvalue weighted by Crippen LogP contribution is 2.30. The molecule has 1 saturated heterocycles. The third-order valence-electron chi connectivity index (χ3n) is 4.97. The Labute approximate surface area is 179 Å². The molecule has 0 bridgehead atoms. The maximum absolute atomic E-state index is 13.0. The van der Waals surface area contributed by atoms with Gasteiger partial charge in [-0.2, -0.15) is 28.1 Å². The number of hydrogen-bond donors (Lipinski definition) is 2. The number of nitrogens with zero attached hydrogens (tertiary/aromatic N) is 4. The Morgan fingerprint density at radius 1 is 1.25 bits per heavy atom. The molecule has 1 aromatic carbocycles. The highest BCUT2D eigenvalue weighted by atomic mass is 19.4. The van der Waals surface area contributed by atoms with Crippen LogP contribution in [0.2, 0.25) is 0 Å². The quantitative estimate of drug-likeness (QED) is 0.618. The monoisotopic (exact) mass is 449 g/mol. The lowest BCUT2D eigenvalue weighted by Crippen LogP contribution is -2.44. The van der Waals surface area contributed by atoms with Crippen molar-refractivity contribution in [1.29, 1.82) is 0 Å². The summed E-state index contributed by atoms with van der Waals surface area (Å²) in [5.74, 6) is -0.766. The predicted molar refractivity (Wildman–Crippen MR) is 105 cm³/mol. The van der Waals surface area contributed by atoms with Gasteiger partial charge in [0.2, 0.25) is 0 Å². The van der Waals surface area contributed by atoms with Gasteiger partial charge in [0.05, 0.1) is 49.0 Å². The number of hydrogen-bond acceptors (Lipinski definition) is 6. The summed E-state index contributed by atoms with van der Waals surface area (Å²) < 4.78 is 46.2. The van der Waals surface area contributed by atoms with Gasteiger partial charge in [-0.3, -0.25) is 14.3 Å². The van der Waals surface area contributed by atoms with Gasteiger partial charge in [0.25, 0.3) is 11.5 Å². The minimum Gasteiger partial charge on any atom is -0.388 e. The molecule has 0 saturated carbocycles. The number of aliphatic hydroxyl groups is 1. The van der Waals surface area contributed by atoms with E-state index in [2.05, 4.69) is 15.5 Å². The fourth-order valence-electron chi connectivity index (χ4n) is 3.25. The molecular weight excluding hydrogens is 431 g/mol. The molecule has 1 amide bonds. The van der Waals surface area contributed by atoms with Crippen LogP contribution in [0.1, 0.15) is 15.9 Å². The molecule has 1 aliphatic rings. The first-order valence-electron chi connectivity index (χ1n) is 9.51. The molecule has 3 aromatic rings. The molecule has 0 unspecified atom stereocenters. The Balaban J connectivity index is 1.79. The van der Waals surface area contributed by atoms with Crippen molar-refractivity contribution >= 4 is 5.91 Å². The molecule has 2 aromatic heterocycles. The Morgan fingerprint density at radius 3 is 2.53 bits per heavy atom. The van der Waals surface area contributed by atoms with E-state index in [1.54, 1.807) is 7.05 Å². The van der Waals surface area contributed by atoms with Gasteiger partial charge in [-0.05, 0) is 18.2 Å². The third-order valence-corrected chi connectivity index (χ3v) is 4.97. The van der Waals surface area contributed by atoms with Crippen molar-refractivity contribution in [3.8, 4) is 16.9 Å². The molecule has 0 spiro atoms. The lowest BCUT2D eigenvalue weighted by molar-refractivity contribution is -0.137. The van der Waals surface area contributed by atoms with Crippen LogP contribution in [0.5, 0.6) is 0 Å². The molecule has 2 N–H and O–H groups in total. The largest absolute Gasteiger partial charge is 0.416 e. The number of rotatable bonds is 4. The lowest BCUT2D eigenvalue weighted by atomic mass is 10.1. The van der Waals surface area contributed by atoms with Gasteiger partial charge in [-0.15, -0.1) is 0 Å². The van der Waals surface area contributed by atoms with Gasteiger partial charge < -0.3 is 15.2 Å². The normalized spacial score (nSPS) is 18.7. The number of nitrogens with one attached hydrogen (secondary N) is 1. The number of aromatic nitrogens is 4. The molecule has 0 aliphatic carbocycles. The lowest BCUT2D eigenvalue weighted by Gasteiger charge is -2.15. The highest BCUT2D eigenvalue weighted by Gasteiger charge is 2.31. The molecule has 168 valence electrons. The van der Waals surface area contributed by atoms with Gasteiger partial charge in [0.15, 0.2) is 0 Å². The van der Waals surface area contributed by atoms with Gasteiger partial charge in [0.1, 0.15) is 11.3 Å². The van der Waals surface area contributed by atoms with E-state index in [4.69, 9.17) is 4.74 Å². The third kappa shape index (κ3) is 4.27. The summed E-state index contributed by atoms with van der Waals surface area (Å²) in [5, 5.41) is 20.6. The van der Waals surface area contributed by atoms with E-state index in [-0.39, 0.29) is 35.7 Å². The first kappa shape index (κ1) is 21.7. The van der Waals surface area contributed by atoms with Crippen LogP contribution in [0.25, 0.3) is 16.9 Å². The zero-order valence-electron chi connectivity index (χ0n) is 16.7. The molecule has 3 heterocycles. The summed E-state index contributed by atoms with van der Waals surface area (Å²) in [6.07, 6.45) is -2.56. The summed E-state index contributed by atoms with van der Waals surface area (Å²) in [4.78, 5) is 25.8. The maximum Gasteiger partial charge on any atom is 0.416 e. The average Bonchev–Trinajstić information content (AvgIpc) is 3.35. The summed E-state index contributed by atoms with van der Waals surface area (Å²) in [6.45, 7) is 0.137. The SMILES string of the molecule is Cn1cc(-n2nc(-c3ccc(C(F)(F)F)cc3)cc(C(=O)N[C@@H]3COC[C@@H]3O)c2=O)cn1. The van der Waals surface area contributed by atoms with Crippen molar-refractivity contribution in [2.75, 3.05) is 13.2 Å². The van der Waals surface area contributed by atoms with E-state index in [1.807, 2.05) is 0 Å². The van der Waals surface area contributed by atoms with Crippen molar-refractivity contribution in [3.63, 3.8) is 0 Å². The second kappa shape index (κ2) is 8.20. The Bertz CT molecular complexity index is 1200. The first-order chi connectivity index (χ1) is 15.1. The Kier molecular flexibility index (Phi) is 5.57. The molecule has 12 heteroatoms. The minimum atomic E-state index is -4.50. The van der Waals surface area contributed by atoms with E-state index in [0.29, 0.717) is 0 Å². The zero-order valence-corrected chi connectivity index (χ0v) is 16.7. The van der Waals surface area contributed by atoms with Crippen LogP contribution in [0.15, 0.2) is 47.5 Å². The van der Waals surface area contributed by atoms with Crippen LogP contribution in [0.4, 0.5) is 13.2 Å². The van der Waals surface area contributed by atoms with Gasteiger partial charge >= 0.3 is 6.18 Å². The topological polar surface area (TPSA) is 111 Å². The molecular formula is C20H18F3N5O4. The molecule has 1 aliphatic heterocycles. The fraction of sp³-hybridized carbons (Fsp3) is 0.300. The number of carbonyl (C=O) groups is 1. The summed E-state index contributed by atoms with van der Waals surface area (Å²) in [7, 11) is 1.63. The highest BCUT2D eigenvalue weighted by molar-refractivity contribution is 5.95. The second-order valence-electron chi connectivity index (χ2n) is 7.29. The number of carbonyl (C=O) groups excluding carboxylic acids is 1.